The summed E-state index contributed by atoms with van der Waals surface area (Å²) in [6.07, 6.45) is 0. The maximum atomic E-state index is 15.7. The van der Waals surface area contributed by atoms with Gasteiger partial charge < -0.3 is 0 Å². The van der Waals surface area contributed by atoms with Gasteiger partial charge >= 0.3 is 0 Å². The smallest absolute Gasteiger partial charge is 0.138 e. The minimum Gasteiger partial charge on any atom is -0.206 e. The second kappa shape index (κ2) is 10.6. The van der Waals surface area contributed by atoms with E-state index < -0.39 is 0 Å². The molecule has 0 saturated heterocycles. The van der Waals surface area contributed by atoms with Crippen LogP contribution in [-0.4, -0.2) is 0 Å². The Balaban J connectivity index is 1.26. The third-order valence-corrected chi connectivity index (χ3v) is 11.1. The molecule has 2 heteroatoms. The molecule has 0 amide bonds. The molecule has 0 saturated carbocycles. The molecule has 0 nitrogen and oxygen atoms in total. The van der Waals surface area contributed by atoms with Crippen molar-refractivity contribution in [1.82, 2.24) is 0 Å². The van der Waals surface area contributed by atoms with Gasteiger partial charge in [0.2, 0.25) is 0 Å². The molecular weight excluding hydrogens is 604 g/mol. The van der Waals surface area contributed by atoms with Crippen LogP contribution < -0.4 is 0 Å². The van der Waals surface area contributed by atoms with Crippen molar-refractivity contribution in [2.45, 2.75) is 0 Å². The predicted octanol–water partition coefficient (Wildman–Crippen LogP) is 13.8. The monoisotopic (exact) mass is 630 g/mol. The molecule has 10 aromatic rings. The first-order valence-corrected chi connectivity index (χ1v) is 17.1. The molecule has 0 bridgehead atoms. The third-order valence-electron chi connectivity index (χ3n) is 9.92. The van der Waals surface area contributed by atoms with Crippen LogP contribution in [0, 0.1) is 5.82 Å². The number of thiophene rings is 1. The maximum Gasteiger partial charge on any atom is 0.138 e. The van der Waals surface area contributed by atoms with E-state index in [0.717, 1.165) is 21.9 Å². The van der Waals surface area contributed by atoms with E-state index in [1.165, 1.54) is 64.0 Å². The lowest BCUT2D eigenvalue weighted by atomic mass is 9.86. The van der Waals surface area contributed by atoms with E-state index in [4.69, 9.17) is 0 Å². The first-order valence-electron chi connectivity index (χ1n) is 16.3. The molecule has 9 aromatic carbocycles. The van der Waals surface area contributed by atoms with Crippen molar-refractivity contribution in [1.29, 1.82) is 0 Å². The standard InChI is InChI=1S/C46H27FS/c47-45-37-21-10-8-19-35(37)43(36-20-9-11-22-38(36)45)29-25-26-30-39-23-12-24-40(46(39)48-41(30)27-29)44-33-17-6-4-15-31(33)42(28-13-2-1-3-14-28)32-16-5-7-18-34(32)44/h1-27H. The molecule has 48 heavy (non-hydrogen) atoms. The van der Waals surface area contributed by atoms with Gasteiger partial charge in [-0.05, 0) is 66.2 Å². The SMILES string of the molecule is Fc1c2ccccc2c(-c2ccc3c(c2)sc2c(-c4c5ccccc5c(-c5ccccc5)c5ccccc45)cccc23)c2ccccc12. The van der Waals surface area contributed by atoms with Crippen molar-refractivity contribution in [2.24, 2.45) is 0 Å². The van der Waals surface area contributed by atoms with Crippen LogP contribution in [0.4, 0.5) is 4.39 Å². The number of rotatable bonds is 3. The Hall–Kier alpha value is -5.83. The highest BCUT2D eigenvalue weighted by Crippen LogP contribution is 2.48. The minimum atomic E-state index is -0.157. The van der Waals surface area contributed by atoms with Crippen LogP contribution >= 0.6 is 11.3 Å². The highest BCUT2D eigenvalue weighted by Gasteiger charge is 2.20. The van der Waals surface area contributed by atoms with Gasteiger partial charge in [0.1, 0.15) is 5.82 Å². The van der Waals surface area contributed by atoms with Crippen LogP contribution in [0.3, 0.4) is 0 Å². The average molecular weight is 631 g/mol. The lowest BCUT2D eigenvalue weighted by molar-refractivity contribution is 0.651. The van der Waals surface area contributed by atoms with E-state index in [2.05, 4.69) is 115 Å². The van der Waals surface area contributed by atoms with Crippen molar-refractivity contribution in [3.8, 4) is 33.4 Å². The van der Waals surface area contributed by atoms with E-state index in [1.54, 1.807) is 0 Å². The van der Waals surface area contributed by atoms with Crippen LogP contribution in [0.2, 0.25) is 0 Å². The molecular formula is C46H27FS. The van der Waals surface area contributed by atoms with Gasteiger partial charge in [0.15, 0.2) is 0 Å². The molecule has 0 radical (unpaired) electrons. The van der Waals surface area contributed by atoms with E-state index in [9.17, 15) is 0 Å². The first-order chi connectivity index (χ1) is 23.8. The summed E-state index contributed by atoms with van der Waals surface area (Å²) in [5, 5.41) is 10.7. The minimum absolute atomic E-state index is 0.157. The van der Waals surface area contributed by atoms with E-state index in [-0.39, 0.29) is 5.82 Å². The Morgan fingerprint density at radius 3 is 1.38 bits per heavy atom. The number of halogens is 1. The van der Waals surface area contributed by atoms with Gasteiger partial charge in [-0.25, -0.2) is 4.39 Å². The zero-order chi connectivity index (χ0) is 31.8. The van der Waals surface area contributed by atoms with Gasteiger partial charge in [-0.3, -0.25) is 0 Å². The lowest BCUT2D eigenvalue weighted by Crippen LogP contribution is -1.90. The Bertz CT molecular complexity index is 2780. The number of benzene rings is 9. The van der Waals surface area contributed by atoms with Crippen LogP contribution in [-0.2, 0) is 0 Å². The van der Waals surface area contributed by atoms with Crippen LogP contribution in [0.5, 0.6) is 0 Å². The maximum absolute atomic E-state index is 15.7. The summed E-state index contributed by atoms with van der Waals surface area (Å²) < 4.78 is 18.2. The fourth-order valence-corrected chi connectivity index (χ4v) is 9.13. The molecule has 0 fully saturated rings. The largest absolute Gasteiger partial charge is 0.206 e. The van der Waals surface area contributed by atoms with E-state index >= 15 is 4.39 Å². The fourth-order valence-electron chi connectivity index (χ4n) is 7.87. The summed E-state index contributed by atoms with van der Waals surface area (Å²) >= 11 is 1.85. The van der Waals surface area contributed by atoms with Crippen molar-refractivity contribution < 1.29 is 4.39 Å². The van der Waals surface area contributed by atoms with Crippen LogP contribution in [0.15, 0.2) is 164 Å². The van der Waals surface area contributed by atoms with E-state index in [1.807, 2.05) is 59.9 Å². The van der Waals surface area contributed by atoms with Gasteiger partial charge in [0.25, 0.3) is 0 Å². The van der Waals surface area contributed by atoms with Crippen molar-refractivity contribution in [3.63, 3.8) is 0 Å². The second-order valence-electron chi connectivity index (χ2n) is 12.5. The molecule has 1 heterocycles. The molecule has 0 aliphatic rings. The Labute approximate surface area is 280 Å². The summed E-state index contributed by atoms with van der Waals surface area (Å²) in [4.78, 5) is 0. The van der Waals surface area contributed by atoms with Crippen LogP contribution in [0.25, 0.3) is 96.6 Å². The topological polar surface area (TPSA) is 0 Å². The molecule has 224 valence electrons. The number of hydrogen-bond donors (Lipinski definition) is 0. The Kier molecular flexibility index (Phi) is 6.03. The Morgan fingerprint density at radius 2 is 0.792 bits per heavy atom. The van der Waals surface area contributed by atoms with Gasteiger partial charge in [-0.1, -0.05) is 158 Å². The quantitative estimate of drug-likeness (QED) is 0.170. The first kappa shape index (κ1) is 27.3. The molecule has 0 spiro atoms. The summed E-state index contributed by atoms with van der Waals surface area (Å²) in [7, 11) is 0. The summed E-state index contributed by atoms with van der Waals surface area (Å²) in [5.41, 5.74) is 7.21. The predicted molar refractivity (Wildman–Crippen MR) is 206 cm³/mol. The summed E-state index contributed by atoms with van der Waals surface area (Å²) in [5.74, 6) is -0.157. The summed E-state index contributed by atoms with van der Waals surface area (Å²) in [6, 6.07) is 57.7. The molecule has 1 aromatic heterocycles. The van der Waals surface area contributed by atoms with Gasteiger partial charge in [-0.15, -0.1) is 11.3 Å². The normalized spacial score (nSPS) is 11.9. The molecule has 0 atom stereocenters. The lowest BCUT2D eigenvalue weighted by Gasteiger charge is -2.18. The highest BCUT2D eigenvalue weighted by atomic mass is 32.1. The highest BCUT2D eigenvalue weighted by molar-refractivity contribution is 7.26. The molecule has 0 aliphatic heterocycles. The van der Waals surface area contributed by atoms with E-state index in [0.29, 0.717) is 10.8 Å². The zero-order valence-corrected chi connectivity index (χ0v) is 26.7. The molecule has 0 N–H and O–H groups in total. The zero-order valence-electron chi connectivity index (χ0n) is 25.9. The van der Waals surface area contributed by atoms with Crippen LogP contribution in [0.1, 0.15) is 0 Å². The number of hydrogen-bond acceptors (Lipinski definition) is 1. The molecule has 0 aliphatic carbocycles. The average Bonchev–Trinajstić information content (AvgIpc) is 3.53. The Morgan fingerprint density at radius 1 is 0.333 bits per heavy atom. The van der Waals surface area contributed by atoms with Crippen molar-refractivity contribution in [2.75, 3.05) is 0 Å². The van der Waals surface area contributed by atoms with Gasteiger partial charge in [0, 0.05) is 36.5 Å². The third kappa shape index (κ3) is 3.93. The van der Waals surface area contributed by atoms with Crippen molar-refractivity contribution in [3.05, 3.63) is 170 Å². The molecule has 0 unspecified atom stereocenters. The molecule has 10 rings (SSSR count). The summed E-state index contributed by atoms with van der Waals surface area (Å²) in [6.45, 7) is 0. The second-order valence-corrected chi connectivity index (χ2v) is 13.5. The number of fused-ring (bicyclic) bond motifs is 7. The van der Waals surface area contributed by atoms with Gasteiger partial charge in [-0.2, -0.15) is 0 Å². The fraction of sp³-hybridized carbons (Fsp3) is 0. The van der Waals surface area contributed by atoms with Crippen molar-refractivity contribution >= 4 is 74.6 Å². The van der Waals surface area contributed by atoms with Gasteiger partial charge in [0.05, 0.1) is 0 Å².